The quantitative estimate of drug-likeness (QED) is 0.943. The normalized spacial score (nSPS) is 20.1. The first kappa shape index (κ1) is 14.4. The summed E-state index contributed by atoms with van der Waals surface area (Å²) < 4.78 is 15.2. The fourth-order valence-electron chi connectivity index (χ4n) is 3.21. The number of halogens is 1. The van der Waals surface area contributed by atoms with Crippen LogP contribution < -0.4 is 5.32 Å². The van der Waals surface area contributed by atoms with Crippen molar-refractivity contribution in [1.29, 1.82) is 0 Å². The molecule has 1 atom stereocenters. The molecule has 2 aliphatic rings. The summed E-state index contributed by atoms with van der Waals surface area (Å²) in [6.45, 7) is 1.47. The maximum atomic E-state index is 13.1. The minimum atomic E-state index is -0.246. The molecule has 120 valence electrons. The minimum absolute atomic E-state index is 0.00496. The molecule has 4 rings (SSSR count). The SMILES string of the molecule is O=C(NCC1CC1)C1CCc2ncc(-c3ccc(F)cc3)n2C1. The summed E-state index contributed by atoms with van der Waals surface area (Å²) in [5.74, 6) is 1.61. The highest BCUT2D eigenvalue weighted by atomic mass is 19.1. The van der Waals surface area contributed by atoms with Gasteiger partial charge in [-0.25, -0.2) is 9.37 Å². The number of nitrogens with zero attached hydrogens (tertiary/aromatic N) is 2. The van der Waals surface area contributed by atoms with Crippen LogP contribution in [0.15, 0.2) is 30.5 Å². The van der Waals surface area contributed by atoms with Gasteiger partial charge in [-0.05, 0) is 55.0 Å². The van der Waals surface area contributed by atoms with E-state index >= 15 is 0 Å². The van der Waals surface area contributed by atoms with E-state index < -0.39 is 0 Å². The Hall–Kier alpha value is -2.17. The molecule has 1 aromatic heterocycles. The third-order valence-electron chi connectivity index (χ3n) is 4.83. The van der Waals surface area contributed by atoms with Crippen LogP contribution >= 0.6 is 0 Å². The Kier molecular flexibility index (Phi) is 3.63. The summed E-state index contributed by atoms with van der Waals surface area (Å²) in [5, 5.41) is 3.08. The fraction of sp³-hybridized carbons (Fsp3) is 0.444. The van der Waals surface area contributed by atoms with E-state index in [0.717, 1.165) is 36.5 Å². The molecule has 1 saturated carbocycles. The number of hydrogen-bond donors (Lipinski definition) is 1. The molecule has 2 aromatic rings. The highest BCUT2D eigenvalue weighted by Gasteiger charge is 2.28. The van der Waals surface area contributed by atoms with Crippen LogP contribution in [0.5, 0.6) is 0 Å². The van der Waals surface area contributed by atoms with Crippen LogP contribution in [0.2, 0.25) is 0 Å². The molecule has 1 aliphatic carbocycles. The molecular weight excluding hydrogens is 293 g/mol. The Balaban J connectivity index is 1.52. The highest BCUT2D eigenvalue weighted by molar-refractivity contribution is 5.79. The van der Waals surface area contributed by atoms with Gasteiger partial charge in [-0.15, -0.1) is 0 Å². The number of hydrogen-bond acceptors (Lipinski definition) is 2. The van der Waals surface area contributed by atoms with E-state index in [1.54, 1.807) is 12.1 Å². The van der Waals surface area contributed by atoms with E-state index in [0.29, 0.717) is 12.5 Å². The van der Waals surface area contributed by atoms with E-state index in [1.807, 2.05) is 6.20 Å². The number of imidazole rings is 1. The topological polar surface area (TPSA) is 46.9 Å². The molecule has 1 unspecified atom stereocenters. The lowest BCUT2D eigenvalue weighted by atomic mass is 9.98. The van der Waals surface area contributed by atoms with Crippen LogP contribution in [-0.2, 0) is 17.8 Å². The average Bonchev–Trinajstić information content (AvgIpc) is 3.31. The summed E-state index contributed by atoms with van der Waals surface area (Å²) in [6, 6.07) is 6.43. The maximum Gasteiger partial charge on any atom is 0.224 e. The average molecular weight is 313 g/mol. The number of carbonyl (C=O) groups is 1. The van der Waals surface area contributed by atoms with Crippen molar-refractivity contribution in [3.05, 3.63) is 42.1 Å². The van der Waals surface area contributed by atoms with E-state index in [4.69, 9.17) is 0 Å². The summed E-state index contributed by atoms with van der Waals surface area (Å²) in [6.07, 6.45) is 5.96. The number of carbonyl (C=O) groups excluding carboxylic acids is 1. The molecule has 1 N–H and O–H groups in total. The van der Waals surface area contributed by atoms with E-state index in [-0.39, 0.29) is 17.6 Å². The van der Waals surface area contributed by atoms with E-state index in [9.17, 15) is 9.18 Å². The number of amides is 1. The molecular formula is C18H20FN3O. The first-order valence-corrected chi connectivity index (χ1v) is 8.29. The molecule has 0 saturated heterocycles. The molecule has 0 radical (unpaired) electrons. The Bertz CT molecular complexity index is 718. The monoisotopic (exact) mass is 313 g/mol. The number of aryl methyl sites for hydroxylation is 1. The standard InChI is InChI=1S/C18H20FN3O/c19-15-6-3-13(4-7-15)16-10-20-17-8-5-14(11-22(16)17)18(23)21-9-12-1-2-12/h3-4,6-7,10,12,14H,1-2,5,8-9,11H2,(H,21,23). The first-order valence-electron chi connectivity index (χ1n) is 8.29. The second-order valence-electron chi connectivity index (χ2n) is 6.60. The van der Waals surface area contributed by atoms with Crippen LogP contribution in [0, 0.1) is 17.7 Å². The minimum Gasteiger partial charge on any atom is -0.356 e. The fourth-order valence-corrected chi connectivity index (χ4v) is 3.21. The molecule has 1 aromatic carbocycles. The van der Waals surface area contributed by atoms with Crippen molar-refractivity contribution in [2.75, 3.05) is 6.54 Å². The molecule has 0 spiro atoms. The third kappa shape index (κ3) is 3.00. The largest absolute Gasteiger partial charge is 0.356 e. The van der Waals surface area contributed by atoms with Gasteiger partial charge >= 0.3 is 0 Å². The van der Waals surface area contributed by atoms with E-state index in [2.05, 4.69) is 14.9 Å². The number of rotatable bonds is 4. The van der Waals surface area contributed by atoms with Crippen LogP contribution in [-0.4, -0.2) is 22.0 Å². The Morgan fingerprint density at radius 3 is 2.78 bits per heavy atom. The van der Waals surface area contributed by atoms with Crippen molar-refractivity contribution in [2.24, 2.45) is 11.8 Å². The third-order valence-corrected chi connectivity index (χ3v) is 4.83. The highest BCUT2D eigenvalue weighted by Crippen LogP contribution is 2.29. The predicted molar refractivity (Wildman–Crippen MR) is 85.2 cm³/mol. The molecule has 0 bridgehead atoms. The van der Waals surface area contributed by atoms with Gasteiger partial charge in [0, 0.05) is 19.5 Å². The molecule has 1 amide bonds. The zero-order valence-corrected chi connectivity index (χ0v) is 13.0. The summed E-state index contributed by atoms with van der Waals surface area (Å²) in [5.41, 5.74) is 1.89. The zero-order chi connectivity index (χ0) is 15.8. The zero-order valence-electron chi connectivity index (χ0n) is 13.0. The van der Waals surface area contributed by atoms with Gasteiger partial charge in [0.1, 0.15) is 11.6 Å². The van der Waals surface area contributed by atoms with Gasteiger partial charge in [-0.2, -0.15) is 0 Å². The van der Waals surface area contributed by atoms with Gasteiger partial charge in [0.05, 0.1) is 17.8 Å². The van der Waals surface area contributed by atoms with Crippen molar-refractivity contribution in [1.82, 2.24) is 14.9 Å². The molecule has 1 fully saturated rings. The van der Waals surface area contributed by atoms with Gasteiger partial charge < -0.3 is 9.88 Å². The van der Waals surface area contributed by atoms with Gasteiger partial charge in [0.25, 0.3) is 0 Å². The Morgan fingerprint density at radius 1 is 1.26 bits per heavy atom. The predicted octanol–water partition coefficient (Wildman–Crippen LogP) is 2.78. The van der Waals surface area contributed by atoms with Gasteiger partial charge in [0.2, 0.25) is 5.91 Å². The number of fused-ring (bicyclic) bond motifs is 1. The van der Waals surface area contributed by atoms with Gasteiger partial charge in [-0.3, -0.25) is 4.79 Å². The number of benzene rings is 1. The summed E-state index contributed by atoms with van der Waals surface area (Å²) in [7, 11) is 0. The van der Waals surface area contributed by atoms with E-state index in [1.165, 1.54) is 25.0 Å². The second-order valence-corrected chi connectivity index (χ2v) is 6.60. The van der Waals surface area contributed by atoms with Crippen LogP contribution in [0.25, 0.3) is 11.3 Å². The van der Waals surface area contributed by atoms with Crippen LogP contribution in [0.4, 0.5) is 4.39 Å². The Morgan fingerprint density at radius 2 is 2.04 bits per heavy atom. The van der Waals surface area contributed by atoms with Crippen molar-refractivity contribution in [2.45, 2.75) is 32.2 Å². The lowest BCUT2D eigenvalue weighted by molar-refractivity contribution is -0.126. The summed E-state index contributed by atoms with van der Waals surface area (Å²) in [4.78, 5) is 16.8. The molecule has 4 nitrogen and oxygen atoms in total. The van der Waals surface area contributed by atoms with Crippen molar-refractivity contribution >= 4 is 5.91 Å². The second kappa shape index (κ2) is 5.80. The molecule has 1 aliphatic heterocycles. The van der Waals surface area contributed by atoms with Gasteiger partial charge in [0.15, 0.2) is 0 Å². The van der Waals surface area contributed by atoms with Crippen LogP contribution in [0.1, 0.15) is 25.1 Å². The van der Waals surface area contributed by atoms with Crippen LogP contribution in [0.3, 0.4) is 0 Å². The Labute approximate surface area is 134 Å². The number of nitrogens with one attached hydrogen (secondary N) is 1. The summed E-state index contributed by atoms with van der Waals surface area (Å²) >= 11 is 0. The first-order chi connectivity index (χ1) is 11.2. The lowest BCUT2D eigenvalue weighted by Gasteiger charge is -2.24. The van der Waals surface area contributed by atoms with Crippen molar-refractivity contribution in [3.63, 3.8) is 0 Å². The molecule has 23 heavy (non-hydrogen) atoms. The van der Waals surface area contributed by atoms with Gasteiger partial charge in [-0.1, -0.05) is 0 Å². The molecule has 5 heteroatoms. The smallest absolute Gasteiger partial charge is 0.224 e. The van der Waals surface area contributed by atoms with Crippen molar-refractivity contribution in [3.8, 4) is 11.3 Å². The molecule has 2 heterocycles. The van der Waals surface area contributed by atoms with Crippen molar-refractivity contribution < 1.29 is 9.18 Å². The number of aromatic nitrogens is 2. The lowest BCUT2D eigenvalue weighted by Crippen LogP contribution is -2.37. The maximum absolute atomic E-state index is 13.1.